The highest BCUT2D eigenvalue weighted by Gasteiger charge is 2.43. The van der Waals surface area contributed by atoms with Gasteiger partial charge in [0.2, 0.25) is 5.78 Å². The van der Waals surface area contributed by atoms with Crippen LogP contribution in [0.4, 0.5) is 0 Å². The summed E-state index contributed by atoms with van der Waals surface area (Å²) in [5.74, 6) is -0.148. The van der Waals surface area contributed by atoms with E-state index in [1.54, 1.807) is 24.3 Å². The fourth-order valence-electron chi connectivity index (χ4n) is 1.68. The number of Topliss-reactive ketones (excluding diaryl/α,β-unsaturated/α-hetero) is 1. The van der Waals surface area contributed by atoms with E-state index in [1.165, 1.54) is 14.0 Å². The highest BCUT2D eigenvalue weighted by atomic mass is 31.2. The summed E-state index contributed by atoms with van der Waals surface area (Å²) in [6.07, 6.45) is 0. The lowest BCUT2D eigenvalue weighted by Crippen LogP contribution is -2.19. The zero-order valence-corrected chi connectivity index (χ0v) is 10.4. The Labute approximate surface area is 98.8 Å². The summed E-state index contributed by atoms with van der Waals surface area (Å²) in [6.45, 7) is 1.50. The van der Waals surface area contributed by atoms with Gasteiger partial charge in [-0.3, -0.25) is 9.32 Å². The second-order valence-corrected chi connectivity index (χ2v) is 5.62. The molecule has 1 heterocycles. The molecule has 0 unspecified atom stereocenters. The zero-order valence-electron chi connectivity index (χ0n) is 9.47. The molecule has 2 rings (SSSR count). The number of allylic oxidation sites excluding steroid dienone is 2. The van der Waals surface area contributed by atoms with Crippen LogP contribution in [0.25, 0.3) is 0 Å². The first kappa shape index (κ1) is 11.9. The molecule has 0 amide bonds. The largest absolute Gasteiger partial charge is 0.420 e. The van der Waals surface area contributed by atoms with Crippen molar-refractivity contribution in [1.82, 2.24) is 0 Å². The molecule has 5 nitrogen and oxygen atoms in total. The summed E-state index contributed by atoms with van der Waals surface area (Å²) >= 11 is 0. The van der Waals surface area contributed by atoms with E-state index in [1.807, 2.05) is 0 Å². The SMILES string of the molecule is CO[P@]1(=O)Oc2ccccc2C(=O)/C1=C(/C)N. The van der Waals surface area contributed by atoms with Gasteiger partial charge < -0.3 is 10.3 Å². The Morgan fingerprint density at radius 2 is 2.06 bits per heavy atom. The van der Waals surface area contributed by atoms with Crippen LogP contribution >= 0.6 is 7.60 Å². The Morgan fingerprint density at radius 1 is 1.41 bits per heavy atom. The summed E-state index contributed by atoms with van der Waals surface area (Å²) < 4.78 is 22.5. The standard InChI is InChI=1S/C11H12NO4P/c1-7(12)11-10(13)8-5-3-4-6-9(8)16-17(11,14)15-2/h3-6H,12H2,1-2H3/b11-7+/t17-/m0/s1. The van der Waals surface area contributed by atoms with Gasteiger partial charge in [-0.1, -0.05) is 12.1 Å². The lowest BCUT2D eigenvalue weighted by atomic mass is 10.1. The van der Waals surface area contributed by atoms with Crippen molar-refractivity contribution in [1.29, 1.82) is 0 Å². The molecule has 90 valence electrons. The second kappa shape index (κ2) is 4.02. The lowest BCUT2D eigenvalue weighted by molar-refractivity contribution is 0.102. The van der Waals surface area contributed by atoms with Crippen LogP contribution in [0.1, 0.15) is 17.3 Å². The predicted molar refractivity (Wildman–Crippen MR) is 62.9 cm³/mol. The maximum atomic E-state index is 12.3. The molecular formula is C11H12NO4P. The summed E-state index contributed by atoms with van der Waals surface area (Å²) in [5.41, 5.74) is 6.08. The summed E-state index contributed by atoms with van der Waals surface area (Å²) in [7, 11) is -2.42. The molecule has 0 aromatic heterocycles. The topological polar surface area (TPSA) is 78.6 Å². The van der Waals surface area contributed by atoms with Crippen LogP contribution in [0.5, 0.6) is 5.75 Å². The van der Waals surface area contributed by atoms with Gasteiger partial charge in [0.15, 0.2) is 0 Å². The Balaban J connectivity index is 2.70. The van der Waals surface area contributed by atoms with Gasteiger partial charge in [-0.2, -0.15) is 0 Å². The first-order valence-corrected chi connectivity index (χ1v) is 6.50. The van der Waals surface area contributed by atoms with Crippen LogP contribution in [-0.2, 0) is 9.09 Å². The molecule has 0 radical (unpaired) electrons. The van der Waals surface area contributed by atoms with Gasteiger partial charge in [-0.05, 0) is 19.1 Å². The molecule has 0 aliphatic carbocycles. The highest BCUT2D eigenvalue weighted by Crippen LogP contribution is 2.60. The van der Waals surface area contributed by atoms with Crippen molar-refractivity contribution >= 4 is 13.4 Å². The maximum Gasteiger partial charge on any atom is 0.416 e. The van der Waals surface area contributed by atoms with E-state index >= 15 is 0 Å². The molecule has 17 heavy (non-hydrogen) atoms. The van der Waals surface area contributed by atoms with Crippen LogP contribution < -0.4 is 10.3 Å². The lowest BCUT2D eigenvalue weighted by Gasteiger charge is -2.26. The molecule has 1 aliphatic heterocycles. The van der Waals surface area contributed by atoms with Crippen molar-refractivity contribution in [2.45, 2.75) is 6.92 Å². The first-order valence-electron chi connectivity index (χ1n) is 4.95. The molecule has 0 bridgehead atoms. The summed E-state index contributed by atoms with van der Waals surface area (Å²) in [6, 6.07) is 6.56. The molecular weight excluding hydrogens is 241 g/mol. The number of para-hydroxylation sites is 1. The Morgan fingerprint density at radius 3 is 2.65 bits per heavy atom. The number of rotatable bonds is 1. The van der Waals surface area contributed by atoms with Crippen LogP contribution in [0, 0.1) is 0 Å². The first-order chi connectivity index (χ1) is 7.99. The summed E-state index contributed by atoms with van der Waals surface area (Å²) in [5, 5.41) is -0.0845. The molecule has 1 aromatic rings. The number of nitrogens with two attached hydrogens (primary N) is 1. The normalized spacial score (nSPS) is 26.1. The molecule has 2 N–H and O–H groups in total. The van der Waals surface area contributed by atoms with Gasteiger partial charge in [-0.25, -0.2) is 4.57 Å². The van der Waals surface area contributed by atoms with Gasteiger partial charge in [0, 0.05) is 12.8 Å². The third-order valence-electron chi connectivity index (χ3n) is 2.45. The number of benzene rings is 1. The number of hydrogen-bond acceptors (Lipinski definition) is 5. The van der Waals surface area contributed by atoms with E-state index in [-0.39, 0.29) is 16.8 Å². The van der Waals surface area contributed by atoms with Crippen LogP contribution in [0.15, 0.2) is 35.3 Å². The van der Waals surface area contributed by atoms with Crippen molar-refractivity contribution in [3.05, 3.63) is 40.8 Å². The van der Waals surface area contributed by atoms with Gasteiger partial charge in [-0.15, -0.1) is 0 Å². The van der Waals surface area contributed by atoms with E-state index < -0.39 is 13.4 Å². The molecule has 0 saturated heterocycles. The monoisotopic (exact) mass is 253 g/mol. The van der Waals surface area contributed by atoms with Crippen molar-refractivity contribution in [3.63, 3.8) is 0 Å². The molecule has 1 aromatic carbocycles. The Kier molecular flexibility index (Phi) is 2.81. The van der Waals surface area contributed by atoms with E-state index in [9.17, 15) is 9.36 Å². The average molecular weight is 253 g/mol. The van der Waals surface area contributed by atoms with Gasteiger partial charge in [0.1, 0.15) is 11.1 Å². The molecule has 6 heteroatoms. The maximum absolute atomic E-state index is 12.3. The molecule has 1 atom stereocenters. The number of carbonyl (C=O) groups excluding carboxylic acids is 1. The molecule has 0 spiro atoms. The smallest absolute Gasteiger partial charge is 0.416 e. The van der Waals surface area contributed by atoms with E-state index in [0.717, 1.165) is 0 Å². The molecule has 1 aliphatic rings. The van der Waals surface area contributed by atoms with Gasteiger partial charge in [0.25, 0.3) is 0 Å². The fraction of sp³-hybridized carbons (Fsp3) is 0.182. The third kappa shape index (κ3) is 1.77. The van der Waals surface area contributed by atoms with Crippen LogP contribution in [0.3, 0.4) is 0 Å². The minimum absolute atomic E-state index is 0.0845. The van der Waals surface area contributed by atoms with Crippen molar-refractivity contribution in [2.24, 2.45) is 5.73 Å². The fourth-order valence-corrected chi connectivity index (χ4v) is 3.25. The predicted octanol–water partition coefficient (Wildman–Crippen LogP) is 2.29. The minimum atomic E-state index is -3.64. The number of hydrogen-bond donors (Lipinski definition) is 1. The zero-order chi connectivity index (χ0) is 12.6. The molecule has 0 saturated carbocycles. The Hall–Kier alpha value is -1.58. The van der Waals surface area contributed by atoms with E-state index in [2.05, 4.69) is 0 Å². The van der Waals surface area contributed by atoms with Crippen LogP contribution in [-0.4, -0.2) is 12.9 Å². The number of carbonyl (C=O) groups is 1. The van der Waals surface area contributed by atoms with Crippen molar-refractivity contribution < 1.29 is 18.4 Å². The van der Waals surface area contributed by atoms with Gasteiger partial charge >= 0.3 is 7.60 Å². The highest BCUT2D eigenvalue weighted by molar-refractivity contribution is 7.60. The van der Waals surface area contributed by atoms with E-state index in [4.69, 9.17) is 14.8 Å². The average Bonchev–Trinajstić information content (AvgIpc) is 2.28. The van der Waals surface area contributed by atoms with Crippen molar-refractivity contribution in [3.8, 4) is 5.75 Å². The molecule has 0 fully saturated rings. The number of fused-ring (bicyclic) bond motifs is 1. The van der Waals surface area contributed by atoms with Crippen LogP contribution in [0.2, 0.25) is 0 Å². The minimum Gasteiger partial charge on any atom is -0.420 e. The quantitative estimate of drug-likeness (QED) is 0.613. The summed E-state index contributed by atoms with van der Waals surface area (Å²) in [4.78, 5) is 12.2. The van der Waals surface area contributed by atoms with Crippen molar-refractivity contribution in [2.75, 3.05) is 7.11 Å². The second-order valence-electron chi connectivity index (χ2n) is 3.63. The number of ketones is 1. The van der Waals surface area contributed by atoms with E-state index in [0.29, 0.717) is 5.56 Å². The van der Waals surface area contributed by atoms with Gasteiger partial charge in [0.05, 0.1) is 5.56 Å². The Bertz CT molecular complexity index is 560. The third-order valence-corrected chi connectivity index (χ3v) is 4.47.